The normalized spacial score (nSPS) is 11.1. The summed E-state index contributed by atoms with van der Waals surface area (Å²) in [5, 5.41) is 8.33. The number of ether oxygens (including phenoxy) is 2. The van der Waals surface area contributed by atoms with Crippen molar-refractivity contribution in [2.45, 2.75) is 0 Å². The first-order chi connectivity index (χ1) is 6.27. The van der Waals surface area contributed by atoms with E-state index < -0.39 is 8.60 Å². The summed E-state index contributed by atoms with van der Waals surface area (Å²) >= 11 is 0. The van der Waals surface area contributed by atoms with E-state index in [1.165, 1.54) is 0 Å². The summed E-state index contributed by atoms with van der Waals surface area (Å²) < 4.78 is 14.3. The predicted octanol–water partition coefficient (Wildman–Crippen LogP) is -0.760. The van der Waals surface area contributed by atoms with Gasteiger partial charge in [0, 0.05) is 0 Å². The third-order valence-corrected chi connectivity index (χ3v) is 1.46. The van der Waals surface area contributed by atoms with Gasteiger partial charge in [-0.05, 0) is 0 Å². The number of aliphatic hydroxyl groups is 1. The molecule has 0 atom stereocenters. The Balaban J connectivity index is 2.84. The number of rotatable bonds is 9. The molecule has 0 aliphatic rings. The average Bonchev–Trinajstić information content (AvgIpc) is 2.09. The summed E-state index contributed by atoms with van der Waals surface area (Å²) in [6, 6.07) is 0. The van der Waals surface area contributed by atoms with E-state index in [0.717, 1.165) is 0 Å². The van der Waals surface area contributed by atoms with E-state index >= 15 is 0 Å². The van der Waals surface area contributed by atoms with Gasteiger partial charge in [-0.3, -0.25) is 0 Å². The summed E-state index contributed by atoms with van der Waals surface area (Å²) in [7, 11) is -2.28. The fourth-order valence-electron chi connectivity index (χ4n) is 0.564. The lowest BCUT2D eigenvalue weighted by Gasteiger charge is -2.05. The highest BCUT2D eigenvalue weighted by molar-refractivity contribution is 7.39. The second-order valence-corrected chi connectivity index (χ2v) is 2.80. The van der Waals surface area contributed by atoms with Crippen LogP contribution in [-0.2, 0) is 14.0 Å². The SMILES string of the molecule is OCCOCCOCCOP(O)O. The van der Waals surface area contributed by atoms with Gasteiger partial charge in [-0.1, -0.05) is 0 Å². The Kier molecular flexibility index (Phi) is 10.4. The summed E-state index contributed by atoms with van der Waals surface area (Å²) in [5.74, 6) is 0. The Morgan fingerprint density at radius 1 is 0.846 bits per heavy atom. The molecule has 0 aliphatic carbocycles. The highest BCUT2D eigenvalue weighted by Crippen LogP contribution is 2.23. The maximum atomic E-state index is 8.33. The van der Waals surface area contributed by atoms with Crippen molar-refractivity contribution >= 4 is 8.60 Å². The Morgan fingerprint density at radius 2 is 1.38 bits per heavy atom. The molecule has 0 heterocycles. The van der Waals surface area contributed by atoms with Crippen molar-refractivity contribution in [1.29, 1.82) is 0 Å². The van der Waals surface area contributed by atoms with Crippen LogP contribution in [0.5, 0.6) is 0 Å². The van der Waals surface area contributed by atoms with Gasteiger partial charge < -0.3 is 28.9 Å². The second kappa shape index (κ2) is 10.3. The zero-order valence-electron chi connectivity index (χ0n) is 7.26. The number of hydrogen-bond acceptors (Lipinski definition) is 6. The van der Waals surface area contributed by atoms with Crippen LogP contribution in [0.2, 0.25) is 0 Å². The molecule has 0 saturated heterocycles. The van der Waals surface area contributed by atoms with Crippen molar-refractivity contribution < 1.29 is 28.9 Å². The summed E-state index contributed by atoms with van der Waals surface area (Å²) in [4.78, 5) is 16.6. The third kappa shape index (κ3) is 12.2. The molecule has 0 radical (unpaired) electrons. The Morgan fingerprint density at radius 3 is 1.92 bits per heavy atom. The molecule has 0 unspecified atom stereocenters. The topological polar surface area (TPSA) is 88.4 Å². The van der Waals surface area contributed by atoms with Crippen molar-refractivity contribution in [1.82, 2.24) is 0 Å². The second-order valence-electron chi connectivity index (χ2n) is 2.03. The quantitative estimate of drug-likeness (QED) is 0.345. The Hall–Kier alpha value is 0.190. The maximum Gasteiger partial charge on any atom is 0.327 e. The van der Waals surface area contributed by atoms with Crippen LogP contribution in [-0.4, -0.2) is 54.5 Å². The van der Waals surface area contributed by atoms with Crippen LogP contribution in [0.25, 0.3) is 0 Å². The molecule has 0 fully saturated rings. The van der Waals surface area contributed by atoms with Crippen molar-refractivity contribution in [2.24, 2.45) is 0 Å². The minimum atomic E-state index is -2.28. The van der Waals surface area contributed by atoms with Crippen LogP contribution in [0.3, 0.4) is 0 Å². The molecule has 0 aromatic carbocycles. The molecule has 0 aromatic heterocycles. The first-order valence-electron chi connectivity index (χ1n) is 3.84. The van der Waals surface area contributed by atoms with Crippen LogP contribution in [0.4, 0.5) is 0 Å². The van der Waals surface area contributed by atoms with Crippen molar-refractivity contribution in [2.75, 3.05) is 39.6 Å². The smallest absolute Gasteiger partial charge is 0.327 e. The monoisotopic (exact) mass is 214 g/mol. The van der Waals surface area contributed by atoms with E-state index in [4.69, 9.17) is 24.4 Å². The van der Waals surface area contributed by atoms with Crippen LogP contribution in [0.15, 0.2) is 0 Å². The van der Waals surface area contributed by atoms with Crippen molar-refractivity contribution in [3.8, 4) is 0 Å². The molecule has 0 aromatic rings. The van der Waals surface area contributed by atoms with E-state index in [2.05, 4.69) is 4.52 Å². The van der Waals surface area contributed by atoms with Crippen molar-refractivity contribution in [3.05, 3.63) is 0 Å². The molecule has 0 rings (SSSR count). The fourth-order valence-corrected chi connectivity index (χ4v) is 0.802. The van der Waals surface area contributed by atoms with E-state index in [-0.39, 0.29) is 13.2 Å². The van der Waals surface area contributed by atoms with Gasteiger partial charge in [0.1, 0.15) is 0 Å². The summed E-state index contributed by atoms with van der Waals surface area (Å²) in [6.07, 6.45) is 0. The summed E-state index contributed by atoms with van der Waals surface area (Å²) in [6.45, 7) is 1.56. The first kappa shape index (κ1) is 13.2. The van der Waals surface area contributed by atoms with Gasteiger partial charge in [0.15, 0.2) is 0 Å². The number of hydrogen-bond donors (Lipinski definition) is 3. The van der Waals surface area contributed by atoms with Gasteiger partial charge in [0.05, 0.1) is 39.6 Å². The lowest BCUT2D eigenvalue weighted by molar-refractivity contribution is 0.0236. The van der Waals surface area contributed by atoms with Gasteiger partial charge in [-0.25, -0.2) is 0 Å². The van der Waals surface area contributed by atoms with E-state index in [0.29, 0.717) is 26.4 Å². The zero-order valence-corrected chi connectivity index (χ0v) is 8.15. The van der Waals surface area contributed by atoms with Gasteiger partial charge in [-0.2, -0.15) is 0 Å². The Labute approximate surface area is 78.0 Å². The summed E-state index contributed by atoms with van der Waals surface area (Å²) in [5.41, 5.74) is 0. The minimum Gasteiger partial charge on any atom is -0.394 e. The average molecular weight is 214 g/mol. The molecular weight excluding hydrogens is 199 g/mol. The molecule has 0 aliphatic heterocycles. The van der Waals surface area contributed by atoms with Gasteiger partial charge >= 0.3 is 8.60 Å². The lowest BCUT2D eigenvalue weighted by Crippen LogP contribution is -2.09. The third-order valence-electron chi connectivity index (χ3n) is 1.04. The highest BCUT2D eigenvalue weighted by atomic mass is 31.2. The van der Waals surface area contributed by atoms with Crippen molar-refractivity contribution in [3.63, 3.8) is 0 Å². The number of aliphatic hydroxyl groups excluding tert-OH is 1. The standard InChI is InChI=1S/C6H15O6P/c7-1-2-10-3-4-11-5-6-12-13(8)9/h7-9H,1-6H2. The molecule has 0 spiro atoms. The molecule has 80 valence electrons. The minimum absolute atomic E-state index is 0.00241. The van der Waals surface area contributed by atoms with E-state index in [9.17, 15) is 0 Å². The highest BCUT2D eigenvalue weighted by Gasteiger charge is 1.97. The van der Waals surface area contributed by atoms with Crippen LogP contribution < -0.4 is 0 Å². The van der Waals surface area contributed by atoms with E-state index in [1.807, 2.05) is 0 Å². The van der Waals surface area contributed by atoms with Gasteiger partial charge in [0.2, 0.25) is 0 Å². The maximum absolute atomic E-state index is 8.33. The molecule has 13 heavy (non-hydrogen) atoms. The molecule has 7 heteroatoms. The van der Waals surface area contributed by atoms with Crippen LogP contribution in [0.1, 0.15) is 0 Å². The van der Waals surface area contributed by atoms with Crippen LogP contribution in [0, 0.1) is 0 Å². The van der Waals surface area contributed by atoms with Gasteiger partial charge in [-0.15, -0.1) is 0 Å². The molecule has 0 bridgehead atoms. The van der Waals surface area contributed by atoms with Crippen LogP contribution >= 0.6 is 8.60 Å². The zero-order chi connectivity index (χ0) is 9.94. The molecule has 3 N–H and O–H groups in total. The molecule has 6 nitrogen and oxygen atoms in total. The molecule has 0 saturated carbocycles. The molecule has 0 amide bonds. The predicted molar refractivity (Wildman–Crippen MR) is 46.0 cm³/mol. The Bertz CT molecular complexity index is 101. The lowest BCUT2D eigenvalue weighted by atomic mass is 10.7. The molecular formula is C6H15O6P. The first-order valence-corrected chi connectivity index (χ1v) is 5.01. The largest absolute Gasteiger partial charge is 0.394 e. The van der Waals surface area contributed by atoms with Gasteiger partial charge in [0.25, 0.3) is 0 Å². The van der Waals surface area contributed by atoms with E-state index in [1.54, 1.807) is 0 Å². The fraction of sp³-hybridized carbons (Fsp3) is 1.00.